The van der Waals surface area contributed by atoms with Crippen molar-refractivity contribution in [3.05, 3.63) is 83.9 Å². The van der Waals surface area contributed by atoms with E-state index in [1.807, 2.05) is 47.4 Å². The van der Waals surface area contributed by atoms with Gasteiger partial charge in [0.25, 0.3) is 0 Å². The number of aromatic amines is 1. The van der Waals surface area contributed by atoms with Crippen molar-refractivity contribution in [2.75, 3.05) is 20.2 Å². The zero-order chi connectivity index (χ0) is 22.3. The Labute approximate surface area is 187 Å². The number of nitrogens with zero attached hydrogens (tertiary/aromatic N) is 2. The zero-order valence-corrected chi connectivity index (χ0v) is 18.2. The fourth-order valence-corrected chi connectivity index (χ4v) is 3.95. The molecule has 2 amide bonds. The minimum Gasteiger partial charge on any atom is -0.497 e. The van der Waals surface area contributed by atoms with E-state index in [1.54, 1.807) is 19.6 Å². The van der Waals surface area contributed by atoms with Crippen LogP contribution in [0.2, 0.25) is 0 Å². The van der Waals surface area contributed by atoms with Crippen molar-refractivity contribution in [3.8, 4) is 5.75 Å². The molecule has 2 N–H and O–H groups in total. The van der Waals surface area contributed by atoms with Crippen LogP contribution in [0.1, 0.15) is 29.2 Å². The van der Waals surface area contributed by atoms with Gasteiger partial charge in [0.1, 0.15) is 11.8 Å². The number of likely N-dealkylation sites (tertiary alicyclic amines) is 1. The van der Waals surface area contributed by atoms with Crippen LogP contribution in [0.3, 0.4) is 0 Å². The number of ether oxygens (including phenoxy) is 1. The summed E-state index contributed by atoms with van der Waals surface area (Å²) in [6.45, 7) is 1.35. The summed E-state index contributed by atoms with van der Waals surface area (Å²) in [4.78, 5) is 34.7. The number of aryl methyl sites for hydroxylation is 1. The third kappa shape index (κ3) is 5.35. The van der Waals surface area contributed by atoms with Crippen LogP contribution in [0.25, 0.3) is 0 Å². The molecule has 3 aromatic rings. The predicted octanol–water partition coefficient (Wildman–Crippen LogP) is 2.70. The van der Waals surface area contributed by atoms with Crippen LogP contribution >= 0.6 is 0 Å². The summed E-state index contributed by atoms with van der Waals surface area (Å²) < 4.78 is 5.22. The number of nitrogens with one attached hydrogen (secondary N) is 2. The highest BCUT2D eigenvalue weighted by atomic mass is 16.5. The summed E-state index contributed by atoms with van der Waals surface area (Å²) in [6, 6.07) is 17.2. The average molecular weight is 433 g/mol. The van der Waals surface area contributed by atoms with Gasteiger partial charge in [0.05, 0.1) is 13.4 Å². The lowest BCUT2D eigenvalue weighted by Crippen LogP contribution is -2.56. The summed E-state index contributed by atoms with van der Waals surface area (Å²) in [5.41, 5.74) is 3.11. The first-order valence-electron chi connectivity index (χ1n) is 10.9. The standard InChI is InChI=1S/C25H28N4O3/c1-32-22-10-7-18(8-11-22)13-23(28-24(30)12-9-21-14-26-17-27-21)25(31)29-15-20(16-29)19-5-3-2-4-6-19/h2-8,10-11,14,17,20,23H,9,12-13,15-16H2,1H3,(H,26,27)(H,28,30)/t23-/m1/s1. The molecule has 7 nitrogen and oxygen atoms in total. The van der Waals surface area contributed by atoms with E-state index in [1.165, 1.54) is 5.56 Å². The molecule has 0 unspecified atom stereocenters. The second-order valence-corrected chi connectivity index (χ2v) is 8.10. The Kier molecular flexibility index (Phi) is 6.84. The molecular weight excluding hydrogens is 404 g/mol. The van der Waals surface area contributed by atoms with Gasteiger partial charge in [-0.05, 0) is 29.7 Å². The van der Waals surface area contributed by atoms with E-state index in [2.05, 4.69) is 27.4 Å². The third-order valence-electron chi connectivity index (χ3n) is 5.87. The van der Waals surface area contributed by atoms with E-state index in [9.17, 15) is 9.59 Å². The molecule has 0 spiro atoms. The Hall–Kier alpha value is -3.61. The Bertz CT molecular complexity index is 1010. The number of carbonyl (C=O) groups is 2. The SMILES string of the molecule is COc1ccc(C[C@@H](NC(=O)CCc2cnc[nH]2)C(=O)N2CC(c3ccccc3)C2)cc1. The number of aromatic nitrogens is 2. The summed E-state index contributed by atoms with van der Waals surface area (Å²) in [5.74, 6) is 0.918. The lowest BCUT2D eigenvalue weighted by molar-refractivity contribution is -0.140. The minimum absolute atomic E-state index is 0.0390. The number of imidazole rings is 1. The molecule has 32 heavy (non-hydrogen) atoms. The minimum atomic E-state index is -0.602. The van der Waals surface area contributed by atoms with E-state index >= 15 is 0 Å². The van der Waals surface area contributed by atoms with E-state index < -0.39 is 6.04 Å². The lowest BCUT2D eigenvalue weighted by Gasteiger charge is -2.41. The van der Waals surface area contributed by atoms with Gasteiger partial charge in [-0.2, -0.15) is 0 Å². The number of benzene rings is 2. The second kappa shape index (κ2) is 10.1. The van der Waals surface area contributed by atoms with Crippen LogP contribution in [0.15, 0.2) is 67.1 Å². The van der Waals surface area contributed by atoms with Crippen molar-refractivity contribution in [1.82, 2.24) is 20.2 Å². The molecule has 1 aromatic heterocycles. The topological polar surface area (TPSA) is 87.3 Å². The van der Waals surface area contributed by atoms with Gasteiger partial charge < -0.3 is 19.9 Å². The first-order valence-corrected chi connectivity index (χ1v) is 10.9. The fourth-order valence-electron chi connectivity index (χ4n) is 3.95. The van der Waals surface area contributed by atoms with Crippen molar-refractivity contribution in [3.63, 3.8) is 0 Å². The van der Waals surface area contributed by atoms with E-state index in [-0.39, 0.29) is 11.8 Å². The summed E-state index contributed by atoms with van der Waals surface area (Å²) in [5, 5.41) is 2.96. The van der Waals surface area contributed by atoms with Crippen molar-refractivity contribution in [2.45, 2.75) is 31.2 Å². The number of H-pyrrole nitrogens is 1. The molecule has 1 fully saturated rings. The highest BCUT2D eigenvalue weighted by molar-refractivity contribution is 5.88. The molecule has 166 valence electrons. The number of hydrogen-bond acceptors (Lipinski definition) is 4. The molecule has 1 saturated heterocycles. The molecule has 0 saturated carbocycles. The third-order valence-corrected chi connectivity index (χ3v) is 5.87. The van der Waals surface area contributed by atoms with Crippen LogP contribution in [0.4, 0.5) is 0 Å². The highest BCUT2D eigenvalue weighted by Gasteiger charge is 2.35. The van der Waals surface area contributed by atoms with Crippen molar-refractivity contribution in [1.29, 1.82) is 0 Å². The number of rotatable bonds is 9. The van der Waals surface area contributed by atoms with Crippen LogP contribution in [0, 0.1) is 0 Å². The number of hydrogen-bond donors (Lipinski definition) is 2. The number of carbonyl (C=O) groups excluding carboxylic acids is 2. The largest absolute Gasteiger partial charge is 0.497 e. The van der Waals surface area contributed by atoms with E-state index in [0.29, 0.717) is 38.3 Å². The Morgan fingerprint density at radius 2 is 1.91 bits per heavy atom. The van der Waals surface area contributed by atoms with Crippen LogP contribution < -0.4 is 10.1 Å². The normalized spacial score (nSPS) is 14.5. The fraction of sp³-hybridized carbons (Fsp3) is 0.320. The number of amides is 2. The molecule has 1 aliphatic heterocycles. The molecule has 7 heteroatoms. The van der Waals surface area contributed by atoms with Gasteiger partial charge in [-0.15, -0.1) is 0 Å². The summed E-state index contributed by atoms with van der Waals surface area (Å²) >= 11 is 0. The molecule has 2 aromatic carbocycles. The second-order valence-electron chi connectivity index (χ2n) is 8.10. The van der Waals surface area contributed by atoms with Gasteiger partial charge in [-0.3, -0.25) is 9.59 Å². The van der Waals surface area contributed by atoms with Gasteiger partial charge in [-0.25, -0.2) is 4.98 Å². The molecule has 1 aliphatic rings. The molecule has 4 rings (SSSR count). The monoisotopic (exact) mass is 432 g/mol. The van der Waals surface area contributed by atoms with Gasteiger partial charge in [0, 0.05) is 43.7 Å². The summed E-state index contributed by atoms with van der Waals surface area (Å²) in [6.07, 6.45) is 4.58. The van der Waals surface area contributed by atoms with Gasteiger partial charge in [0.15, 0.2) is 0 Å². The van der Waals surface area contributed by atoms with Crippen molar-refractivity contribution in [2.24, 2.45) is 0 Å². The quantitative estimate of drug-likeness (QED) is 0.544. The average Bonchev–Trinajstić information content (AvgIpc) is 3.31. The maximum Gasteiger partial charge on any atom is 0.245 e. The molecule has 2 heterocycles. The van der Waals surface area contributed by atoms with Gasteiger partial charge in [-0.1, -0.05) is 42.5 Å². The predicted molar refractivity (Wildman–Crippen MR) is 121 cm³/mol. The number of methoxy groups -OCH3 is 1. The zero-order valence-electron chi connectivity index (χ0n) is 18.2. The first-order chi connectivity index (χ1) is 15.6. The van der Waals surface area contributed by atoms with Crippen molar-refractivity contribution >= 4 is 11.8 Å². The van der Waals surface area contributed by atoms with Crippen molar-refractivity contribution < 1.29 is 14.3 Å². The van der Waals surface area contributed by atoms with Gasteiger partial charge >= 0.3 is 0 Å². The molecule has 0 bridgehead atoms. The maximum absolute atomic E-state index is 13.3. The van der Waals surface area contributed by atoms with E-state index in [0.717, 1.165) is 17.0 Å². The van der Waals surface area contributed by atoms with Crippen LogP contribution in [0.5, 0.6) is 5.75 Å². The van der Waals surface area contributed by atoms with Crippen LogP contribution in [-0.4, -0.2) is 52.9 Å². The molecular formula is C25H28N4O3. The van der Waals surface area contributed by atoms with Crippen LogP contribution in [-0.2, 0) is 22.4 Å². The molecule has 0 aliphatic carbocycles. The molecule has 0 radical (unpaired) electrons. The summed E-state index contributed by atoms with van der Waals surface area (Å²) in [7, 11) is 1.62. The Morgan fingerprint density at radius 1 is 1.16 bits per heavy atom. The highest BCUT2D eigenvalue weighted by Crippen LogP contribution is 2.27. The van der Waals surface area contributed by atoms with E-state index in [4.69, 9.17) is 4.74 Å². The maximum atomic E-state index is 13.3. The Morgan fingerprint density at radius 3 is 2.56 bits per heavy atom. The smallest absolute Gasteiger partial charge is 0.245 e. The molecule has 1 atom stereocenters. The Balaban J connectivity index is 1.40. The van der Waals surface area contributed by atoms with Gasteiger partial charge in [0.2, 0.25) is 11.8 Å². The first kappa shape index (κ1) is 21.6. The lowest BCUT2D eigenvalue weighted by atomic mass is 9.90.